The van der Waals surface area contributed by atoms with Gasteiger partial charge in [0.2, 0.25) is 0 Å². The lowest BCUT2D eigenvalue weighted by atomic mass is 10.1. The highest BCUT2D eigenvalue weighted by Gasteiger charge is 2.48. The van der Waals surface area contributed by atoms with Crippen molar-refractivity contribution < 1.29 is 19.1 Å². The van der Waals surface area contributed by atoms with E-state index in [0.29, 0.717) is 16.6 Å². The van der Waals surface area contributed by atoms with Crippen molar-refractivity contribution in [1.82, 2.24) is 0 Å². The summed E-state index contributed by atoms with van der Waals surface area (Å²) in [7, 11) is -2.26. The maximum Gasteiger partial charge on any atom is 0.495 e. The SMILES string of the molecule is CC(C)[Si](OC(=O)OCC#CC(C)(C)O)(C(C)C)C(C)C. The summed E-state index contributed by atoms with van der Waals surface area (Å²) in [6.45, 7) is 15.7. The van der Waals surface area contributed by atoms with Crippen LogP contribution in [0.1, 0.15) is 55.4 Å². The van der Waals surface area contributed by atoms with Gasteiger partial charge in [-0.15, -0.1) is 0 Å². The molecule has 0 rings (SSSR count). The molecule has 0 radical (unpaired) electrons. The van der Waals surface area contributed by atoms with E-state index in [9.17, 15) is 9.90 Å². The zero-order valence-corrected chi connectivity index (χ0v) is 15.6. The quantitative estimate of drug-likeness (QED) is 0.472. The summed E-state index contributed by atoms with van der Waals surface area (Å²) >= 11 is 0. The van der Waals surface area contributed by atoms with E-state index in [-0.39, 0.29) is 6.61 Å². The van der Waals surface area contributed by atoms with Crippen LogP contribution >= 0.6 is 0 Å². The van der Waals surface area contributed by atoms with Crippen molar-refractivity contribution in [2.75, 3.05) is 6.61 Å². The summed E-state index contributed by atoms with van der Waals surface area (Å²) in [5.41, 5.74) is -0.146. The Bertz CT molecular complexity index is 375. The highest BCUT2D eigenvalue weighted by atomic mass is 28.4. The molecule has 122 valence electrons. The summed E-state index contributed by atoms with van der Waals surface area (Å²) in [5.74, 6) is 5.21. The predicted octanol–water partition coefficient (Wildman–Crippen LogP) is 4.09. The molecule has 0 unspecified atom stereocenters. The second-order valence-corrected chi connectivity index (χ2v) is 12.2. The maximum absolute atomic E-state index is 12.0. The van der Waals surface area contributed by atoms with Crippen molar-refractivity contribution in [3.05, 3.63) is 0 Å². The van der Waals surface area contributed by atoms with Crippen LogP contribution in [0.25, 0.3) is 0 Å². The Balaban J connectivity index is 4.81. The average molecular weight is 314 g/mol. The van der Waals surface area contributed by atoms with Gasteiger partial charge in [-0.25, -0.2) is 4.79 Å². The lowest BCUT2D eigenvalue weighted by Gasteiger charge is -2.40. The second-order valence-electron chi connectivity index (χ2n) is 6.82. The summed E-state index contributed by atoms with van der Waals surface area (Å²) in [6, 6.07) is 0. The molecule has 0 spiro atoms. The Kier molecular flexibility index (Phi) is 7.49. The van der Waals surface area contributed by atoms with Gasteiger partial charge in [0, 0.05) is 0 Å². The van der Waals surface area contributed by atoms with Crippen LogP contribution in [0.4, 0.5) is 4.79 Å². The predicted molar refractivity (Wildman–Crippen MR) is 87.6 cm³/mol. The van der Waals surface area contributed by atoms with Gasteiger partial charge in [-0.1, -0.05) is 53.4 Å². The Morgan fingerprint density at radius 2 is 1.52 bits per heavy atom. The Labute approximate surface area is 130 Å². The van der Waals surface area contributed by atoms with Gasteiger partial charge in [0.15, 0.2) is 6.61 Å². The van der Waals surface area contributed by atoms with Crippen LogP contribution in [0.3, 0.4) is 0 Å². The van der Waals surface area contributed by atoms with Crippen LogP contribution in [-0.4, -0.2) is 31.8 Å². The van der Waals surface area contributed by atoms with E-state index in [1.807, 2.05) is 0 Å². The monoisotopic (exact) mass is 314 g/mol. The van der Waals surface area contributed by atoms with Crippen LogP contribution in [0.15, 0.2) is 0 Å². The molecule has 5 heteroatoms. The topological polar surface area (TPSA) is 55.8 Å². The van der Waals surface area contributed by atoms with E-state index in [1.54, 1.807) is 13.8 Å². The molecule has 0 fully saturated rings. The molecule has 0 aliphatic heterocycles. The van der Waals surface area contributed by atoms with Gasteiger partial charge in [-0.3, -0.25) is 0 Å². The van der Waals surface area contributed by atoms with Gasteiger partial charge >= 0.3 is 6.16 Å². The average Bonchev–Trinajstić information content (AvgIpc) is 2.29. The summed E-state index contributed by atoms with van der Waals surface area (Å²) in [5, 5.41) is 9.45. The standard InChI is InChI=1S/C16H30O4Si/c1-12(2)21(13(3)4,14(5)6)20-15(17)19-11-9-10-16(7,8)18/h12-14,18H,11H2,1-8H3. The van der Waals surface area contributed by atoms with Crippen molar-refractivity contribution in [2.24, 2.45) is 0 Å². The van der Waals surface area contributed by atoms with Crippen LogP contribution < -0.4 is 0 Å². The molecule has 0 aromatic rings. The number of hydrogen-bond acceptors (Lipinski definition) is 4. The van der Waals surface area contributed by atoms with Crippen LogP contribution in [0, 0.1) is 11.8 Å². The fourth-order valence-electron chi connectivity index (χ4n) is 2.87. The third-order valence-electron chi connectivity index (χ3n) is 3.62. The van der Waals surface area contributed by atoms with Gasteiger partial charge in [0.25, 0.3) is 8.32 Å². The molecule has 0 saturated carbocycles. The van der Waals surface area contributed by atoms with Gasteiger partial charge in [0.05, 0.1) is 0 Å². The third kappa shape index (κ3) is 6.11. The molecule has 0 bridgehead atoms. The zero-order valence-electron chi connectivity index (χ0n) is 14.6. The first kappa shape index (κ1) is 20.0. The lowest BCUT2D eigenvalue weighted by Crippen LogP contribution is -2.49. The van der Waals surface area contributed by atoms with Crippen molar-refractivity contribution in [3.8, 4) is 11.8 Å². The number of carbonyl (C=O) groups excluding carboxylic acids is 1. The van der Waals surface area contributed by atoms with E-state index < -0.39 is 20.1 Å². The minimum atomic E-state index is -2.26. The molecule has 4 nitrogen and oxygen atoms in total. The number of aliphatic hydroxyl groups is 1. The van der Waals surface area contributed by atoms with Crippen LogP contribution in [-0.2, 0) is 9.16 Å². The largest absolute Gasteiger partial charge is 0.495 e. The van der Waals surface area contributed by atoms with E-state index in [1.165, 1.54) is 0 Å². The summed E-state index contributed by atoms with van der Waals surface area (Å²) in [4.78, 5) is 12.0. The van der Waals surface area contributed by atoms with Crippen LogP contribution in [0.5, 0.6) is 0 Å². The fraction of sp³-hybridized carbons (Fsp3) is 0.812. The molecule has 0 heterocycles. The second kappa shape index (κ2) is 7.86. The van der Waals surface area contributed by atoms with E-state index in [0.717, 1.165) is 0 Å². The molecule has 0 aromatic heterocycles. The number of hydrogen-bond donors (Lipinski definition) is 1. The minimum Gasteiger partial charge on any atom is -0.488 e. The smallest absolute Gasteiger partial charge is 0.488 e. The normalized spacial score (nSPS) is 12.4. The van der Waals surface area contributed by atoms with E-state index in [4.69, 9.17) is 9.16 Å². The minimum absolute atomic E-state index is 0.0679. The molecule has 1 N–H and O–H groups in total. The van der Waals surface area contributed by atoms with Gasteiger partial charge < -0.3 is 14.3 Å². The molecule has 21 heavy (non-hydrogen) atoms. The Morgan fingerprint density at radius 1 is 1.10 bits per heavy atom. The van der Waals surface area contributed by atoms with Crippen molar-refractivity contribution in [2.45, 2.75) is 77.6 Å². The number of rotatable bonds is 5. The van der Waals surface area contributed by atoms with Gasteiger partial charge in [0.1, 0.15) is 5.60 Å². The van der Waals surface area contributed by atoms with Gasteiger partial charge in [-0.05, 0) is 30.5 Å². The highest BCUT2D eigenvalue weighted by Crippen LogP contribution is 2.42. The van der Waals surface area contributed by atoms with Crippen molar-refractivity contribution in [3.63, 3.8) is 0 Å². The summed E-state index contributed by atoms with van der Waals surface area (Å²) in [6.07, 6.45) is -0.650. The maximum atomic E-state index is 12.0. The van der Waals surface area contributed by atoms with Crippen LogP contribution in [0.2, 0.25) is 16.6 Å². The summed E-state index contributed by atoms with van der Waals surface area (Å²) < 4.78 is 10.8. The fourth-order valence-corrected chi connectivity index (χ4v) is 7.93. The van der Waals surface area contributed by atoms with Gasteiger partial charge in [-0.2, -0.15) is 0 Å². The van der Waals surface area contributed by atoms with E-state index in [2.05, 4.69) is 53.4 Å². The first-order valence-corrected chi connectivity index (χ1v) is 9.65. The molecule has 0 amide bonds. The molecule has 0 atom stereocenters. The van der Waals surface area contributed by atoms with Crippen molar-refractivity contribution >= 4 is 14.5 Å². The molecule has 0 aliphatic carbocycles. The Hall–Kier alpha value is -0.993. The first-order chi connectivity index (χ1) is 9.43. The molecule has 0 aliphatic rings. The molecule has 0 saturated heterocycles. The molecule has 0 aromatic carbocycles. The zero-order chi connectivity index (χ0) is 16.8. The van der Waals surface area contributed by atoms with Crippen molar-refractivity contribution in [1.29, 1.82) is 0 Å². The first-order valence-electron chi connectivity index (χ1n) is 7.51. The third-order valence-corrected chi connectivity index (χ3v) is 9.56. The Morgan fingerprint density at radius 3 is 1.86 bits per heavy atom. The lowest BCUT2D eigenvalue weighted by molar-refractivity contribution is 0.104. The molecular weight excluding hydrogens is 284 g/mol. The highest BCUT2D eigenvalue weighted by molar-refractivity contribution is 6.78. The molecular formula is C16H30O4Si. The number of ether oxygens (including phenoxy) is 1. The van der Waals surface area contributed by atoms with E-state index >= 15 is 0 Å². The number of carbonyl (C=O) groups is 1.